The maximum Gasteiger partial charge on any atom is 0.408 e. The molecular formula is C28H24N4O10S. The maximum absolute atomic E-state index is 13.5. The van der Waals surface area contributed by atoms with Gasteiger partial charge < -0.3 is 14.8 Å². The molecule has 0 fully saturated rings. The quantitative estimate of drug-likeness (QED) is 0.105. The van der Waals surface area contributed by atoms with Crippen LogP contribution in [0.5, 0.6) is 0 Å². The number of hydrogen-bond donors (Lipinski definition) is 1. The van der Waals surface area contributed by atoms with E-state index in [9.17, 15) is 38.2 Å². The largest absolute Gasteiger partial charge is 0.459 e. The average molecular weight is 609 g/mol. The number of non-ortho nitro benzene ring substituents is 2. The second kappa shape index (κ2) is 12.9. The zero-order valence-electron chi connectivity index (χ0n) is 22.3. The highest BCUT2D eigenvalue weighted by Gasteiger charge is 2.27. The second-order valence-corrected chi connectivity index (χ2v) is 10.9. The monoisotopic (exact) mass is 608 g/mol. The molecule has 0 aliphatic heterocycles. The SMILES string of the molecule is C=CCOC(=O)N[C@@H](Cc1ccccc1)C(=O)OCc1cn(S(=O)(=O)c2ccc([N+](=O)[O-])cc2)c2ccc([N+](=O)[O-])cc12. The summed E-state index contributed by atoms with van der Waals surface area (Å²) in [6.07, 6.45) is 1.66. The lowest BCUT2D eigenvalue weighted by atomic mass is 10.1. The van der Waals surface area contributed by atoms with E-state index in [0.29, 0.717) is 5.56 Å². The van der Waals surface area contributed by atoms with Crippen molar-refractivity contribution in [2.24, 2.45) is 0 Å². The Morgan fingerprint density at radius 1 is 0.953 bits per heavy atom. The van der Waals surface area contributed by atoms with Crippen molar-refractivity contribution in [2.45, 2.75) is 24.0 Å². The highest BCUT2D eigenvalue weighted by molar-refractivity contribution is 7.90. The van der Waals surface area contributed by atoms with Gasteiger partial charge in [0.15, 0.2) is 0 Å². The fourth-order valence-corrected chi connectivity index (χ4v) is 5.54. The summed E-state index contributed by atoms with van der Waals surface area (Å²) in [6.45, 7) is 2.86. The summed E-state index contributed by atoms with van der Waals surface area (Å²) in [6, 6.07) is 15.3. The number of nitro benzene ring substituents is 2. The van der Waals surface area contributed by atoms with Gasteiger partial charge in [0.2, 0.25) is 0 Å². The number of nitrogens with one attached hydrogen (secondary N) is 1. The number of aromatic nitrogens is 1. The Morgan fingerprint density at radius 2 is 1.60 bits per heavy atom. The van der Waals surface area contributed by atoms with Crippen molar-refractivity contribution in [1.82, 2.24) is 9.29 Å². The lowest BCUT2D eigenvalue weighted by Crippen LogP contribution is -2.43. The van der Waals surface area contributed by atoms with Crippen LogP contribution in [0.4, 0.5) is 16.2 Å². The summed E-state index contributed by atoms with van der Waals surface area (Å²) < 4.78 is 38.2. The molecule has 3 aromatic carbocycles. The molecule has 43 heavy (non-hydrogen) atoms. The minimum absolute atomic E-state index is 0.0435. The highest BCUT2D eigenvalue weighted by atomic mass is 32.2. The van der Waals surface area contributed by atoms with Crippen molar-refractivity contribution in [3.8, 4) is 0 Å². The normalized spacial score (nSPS) is 11.8. The average Bonchev–Trinajstić information content (AvgIpc) is 3.37. The van der Waals surface area contributed by atoms with Crippen LogP contribution in [0.15, 0.2) is 96.5 Å². The van der Waals surface area contributed by atoms with Gasteiger partial charge in [0.05, 0.1) is 20.3 Å². The number of nitrogens with zero attached hydrogens (tertiary/aromatic N) is 3. The number of carbonyl (C=O) groups excluding carboxylic acids is 2. The summed E-state index contributed by atoms with van der Waals surface area (Å²) in [5.74, 6) is -0.871. The van der Waals surface area contributed by atoms with Crippen LogP contribution in [-0.2, 0) is 37.3 Å². The number of alkyl carbamates (subject to hydrolysis) is 1. The van der Waals surface area contributed by atoms with Gasteiger partial charge in [0, 0.05) is 47.8 Å². The third-order valence-corrected chi connectivity index (χ3v) is 7.90. The molecule has 15 heteroatoms. The van der Waals surface area contributed by atoms with E-state index in [4.69, 9.17) is 9.47 Å². The number of amides is 1. The number of ether oxygens (including phenoxy) is 2. The Bertz CT molecular complexity index is 1800. The zero-order valence-corrected chi connectivity index (χ0v) is 23.1. The van der Waals surface area contributed by atoms with Gasteiger partial charge in [-0.3, -0.25) is 20.2 Å². The van der Waals surface area contributed by atoms with Crippen LogP contribution in [0.3, 0.4) is 0 Å². The van der Waals surface area contributed by atoms with E-state index < -0.39 is 44.6 Å². The molecule has 4 aromatic rings. The van der Waals surface area contributed by atoms with Crippen molar-refractivity contribution < 1.29 is 37.3 Å². The van der Waals surface area contributed by atoms with Crippen molar-refractivity contribution in [3.63, 3.8) is 0 Å². The summed E-state index contributed by atoms with van der Waals surface area (Å²) >= 11 is 0. The first kappa shape index (κ1) is 30.4. The molecule has 0 bridgehead atoms. The van der Waals surface area contributed by atoms with E-state index in [1.165, 1.54) is 12.1 Å². The maximum atomic E-state index is 13.5. The van der Waals surface area contributed by atoms with Crippen LogP contribution >= 0.6 is 0 Å². The van der Waals surface area contributed by atoms with Crippen LogP contribution in [-0.4, -0.2) is 46.9 Å². The van der Waals surface area contributed by atoms with Gasteiger partial charge >= 0.3 is 12.1 Å². The van der Waals surface area contributed by atoms with E-state index in [2.05, 4.69) is 11.9 Å². The molecule has 0 unspecified atom stereocenters. The second-order valence-electron chi connectivity index (χ2n) is 9.05. The molecule has 0 aliphatic carbocycles. The number of hydrogen-bond acceptors (Lipinski definition) is 10. The minimum Gasteiger partial charge on any atom is -0.459 e. The zero-order chi connectivity index (χ0) is 31.1. The van der Waals surface area contributed by atoms with Crippen molar-refractivity contribution in [1.29, 1.82) is 0 Å². The molecule has 1 N–H and O–H groups in total. The van der Waals surface area contributed by atoms with Gasteiger partial charge in [0.1, 0.15) is 19.3 Å². The fraction of sp³-hybridized carbons (Fsp3) is 0.143. The standard InChI is InChI=1S/C28H24N4O10S/c1-2-14-41-28(34)29-25(15-19-6-4-3-5-7-19)27(33)42-18-20-17-30(26-13-10-22(32(37)38)16-24(20)26)43(39,40)23-11-8-21(9-12-23)31(35)36/h2-13,16-17,25H,1,14-15,18H2,(H,29,34)/t25-/m0/s1. The van der Waals surface area contributed by atoms with Gasteiger partial charge in [-0.05, 0) is 23.8 Å². The highest BCUT2D eigenvalue weighted by Crippen LogP contribution is 2.30. The molecule has 4 rings (SSSR count). The topological polar surface area (TPSA) is 190 Å². The molecule has 0 saturated heterocycles. The van der Waals surface area contributed by atoms with E-state index in [-0.39, 0.29) is 45.8 Å². The molecule has 0 spiro atoms. The van der Waals surface area contributed by atoms with Gasteiger partial charge in [-0.2, -0.15) is 0 Å². The van der Waals surface area contributed by atoms with Crippen molar-refractivity contribution in [2.75, 3.05) is 6.61 Å². The van der Waals surface area contributed by atoms with E-state index in [1.54, 1.807) is 30.3 Å². The number of carbonyl (C=O) groups is 2. The fourth-order valence-electron chi connectivity index (χ4n) is 4.15. The predicted octanol–water partition coefficient (Wildman–Crippen LogP) is 4.26. The van der Waals surface area contributed by atoms with Gasteiger partial charge in [-0.15, -0.1) is 0 Å². The first-order valence-electron chi connectivity index (χ1n) is 12.5. The number of nitro groups is 2. The Labute approximate surface area is 244 Å². The molecule has 0 radical (unpaired) electrons. The molecule has 14 nitrogen and oxygen atoms in total. The van der Waals surface area contributed by atoms with E-state index in [1.807, 2.05) is 0 Å². The third kappa shape index (κ3) is 7.02. The molecule has 1 heterocycles. The molecule has 222 valence electrons. The van der Waals surface area contributed by atoms with Crippen LogP contribution in [0.1, 0.15) is 11.1 Å². The molecule has 0 saturated carbocycles. The van der Waals surface area contributed by atoms with E-state index >= 15 is 0 Å². The number of benzene rings is 3. The van der Waals surface area contributed by atoms with Gasteiger partial charge in [-0.1, -0.05) is 43.0 Å². The summed E-state index contributed by atoms with van der Waals surface area (Å²) in [7, 11) is -4.34. The molecule has 1 aromatic heterocycles. The van der Waals surface area contributed by atoms with Gasteiger partial charge in [0.25, 0.3) is 21.4 Å². The van der Waals surface area contributed by atoms with Crippen molar-refractivity contribution >= 4 is 44.4 Å². The summed E-state index contributed by atoms with van der Waals surface area (Å²) in [4.78, 5) is 46.2. The lowest BCUT2D eigenvalue weighted by molar-refractivity contribution is -0.385. The molecule has 1 atom stereocenters. The number of fused-ring (bicyclic) bond motifs is 1. The first-order valence-corrected chi connectivity index (χ1v) is 14.0. The lowest BCUT2D eigenvalue weighted by Gasteiger charge is -2.17. The van der Waals surface area contributed by atoms with E-state index in [0.717, 1.165) is 46.6 Å². The first-order chi connectivity index (χ1) is 20.5. The van der Waals surface area contributed by atoms with Crippen molar-refractivity contribution in [3.05, 3.63) is 123 Å². The summed E-state index contributed by atoms with van der Waals surface area (Å²) in [5, 5.41) is 25.0. The van der Waals surface area contributed by atoms with Crippen LogP contribution < -0.4 is 5.32 Å². The number of esters is 1. The van der Waals surface area contributed by atoms with Gasteiger partial charge in [-0.25, -0.2) is 22.0 Å². The Kier molecular flexibility index (Phi) is 9.15. The van der Waals surface area contributed by atoms with Crippen LogP contribution in [0.25, 0.3) is 10.9 Å². The third-order valence-electron chi connectivity index (χ3n) is 6.21. The molecular weight excluding hydrogens is 584 g/mol. The molecule has 1 amide bonds. The number of rotatable bonds is 12. The minimum atomic E-state index is -4.34. The Balaban J connectivity index is 1.67. The van der Waals surface area contributed by atoms with Crippen LogP contribution in [0, 0.1) is 20.2 Å². The Hall–Kier alpha value is -5.57. The molecule has 0 aliphatic rings. The van der Waals surface area contributed by atoms with Crippen LogP contribution in [0.2, 0.25) is 0 Å². The summed E-state index contributed by atoms with van der Waals surface area (Å²) in [5.41, 5.74) is 0.216. The predicted molar refractivity (Wildman–Crippen MR) is 153 cm³/mol. The smallest absolute Gasteiger partial charge is 0.408 e. The Morgan fingerprint density at radius 3 is 2.23 bits per heavy atom.